The summed E-state index contributed by atoms with van der Waals surface area (Å²) in [6, 6.07) is 4.95. The van der Waals surface area contributed by atoms with Crippen molar-refractivity contribution < 1.29 is 23.9 Å². The molecule has 0 atom stereocenters. The number of carbonyl (C=O) groups excluding carboxylic acids is 3. The SMILES string of the molecule is CC(=O)OCc1cc(C(C)=O)ccc1OC(=O)C12CC3CC(CC(C3)C1)C2. The van der Waals surface area contributed by atoms with E-state index in [1.807, 2.05) is 0 Å². The summed E-state index contributed by atoms with van der Waals surface area (Å²) in [5.74, 6) is 1.71. The van der Waals surface area contributed by atoms with E-state index in [4.69, 9.17) is 9.47 Å². The second-order valence-electron chi connectivity index (χ2n) is 8.75. The van der Waals surface area contributed by atoms with Gasteiger partial charge in [0, 0.05) is 18.1 Å². The quantitative estimate of drug-likeness (QED) is 0.444. The summed E-state index contributed by atoms with van der Waals surface area (Å²) in [6.45, 7) is 2.79. The molecule has 0 saturated heterocycles. The fourth-order valence-corrected chi connectivity index (χ4v) is 5.76. The van der Waals surface area contributed by atoms with Crippen molar-refractivity contribution in [3.05, 3.63) is 29.3 Å². The summed E-state index contributed by atoms with van der Waals surface area (Å²) in [5, 5.41) is 0. The lowest BCUT2D eigenvalue weighted by molar-refractivity contribution is -0.161. The van der Waals surface area contributed by atoms with Crippen molar-refractivity contribution in [3.63, 3.8) is 0 Å². The number of ketones is 1. The number of carbonyl (C=O) groups is 3. The normalized spacial score (nSPS) is 30.8. The lowest BCUT2D eigenvalue weighted by atomic mass is 9.49. The molecular formula is C22H26O5. The molecule has 4 saturated carbocycles. The van der Waals surface area contributed by atoms with Crippen LogP contribution >= 0.6 is 0 Å². The smallest absolute Gasteiger partial charge is 0.317 e. The lowest BCUT2D eigenvalue weighted by Gasteiger charge is -2.55. The van der Waals surface area contributed by atoms with Gasteiger partial charge in [-0.25, -0.2) is 0 Å². The molecule has 0 aromatic heterocycles. The Morgan fingerprint density at radius 3 is 2.11 bits per heavy atom. The monoisotopic (exact) mass is 370 g/mol. The highest BCUT2D eigenvalue weighted by Gasteiger charge is 2.55. The number of hydrogen-bond donors (Lipinski definition) is 0. The Kier molecular flexibility index (Phi) is 4.57. The summed E-state index contributed by atoms with van der Waals surface area (Å²) in [6.07, 6.45) is 6.58. The number of hydrogen-bond acceptors (Lipinski definition) is 5. The average Bonchev–Trinajstić information content (AvgIpc) is 2.59. The van der Waals surface area contributed by atoms with Crippen LogP contribution < -0.4 is 4.74 Å². The molecule has 4 bridgehead atoms. The molecule has 144 valence electrons. The first-order valence-electron chi connectivity index (χ1n) is 9.84. The van der Waals surface area contributed by atoms with Crippen LogP contribution in [0.15, 0.2) is 18.2 Å². The minimum Gasteiger partial charge on any atom is -0.461 e. The second kappa shape index (κ2) is 6.77. The first-order chi connectivity index (χ1) is 12.8. The maximum Gasteiger partial charge on any atom is 0.317 e. The topological polar surface area (TPSA) is 69.7 Å². The van der Waals surface area contributed by atoms with Gasteiger partial charge in [0.1, 0.15) is 12.4 Å². The summed E-state index contributed by atoms with van der Waals surface area (Å²) >= 11 is 0. The Morgan fingerprint density at radius 2 is 1.59 bits per heavy atom. The molecule has 4 aliphatic carbocycles. The molecule has 1 aromatic rings. The maximum absolute atomic E-state index is 13.2. The third-order valence-electron chi connectivity index (χ3n) is 6.57. The second-order valence-corrected chi connectivity index (χ2v) is 8.75. The standard InChI is InChI=1S/C22H26O5/c1-13(23)18-3-4-20(19(8-18)12-26-14(2)24)27-21(25)22-9-15-5-16(10-22)7-17(6-15)11-22/h3-4,8,15-17H,5-7,9-12H2,1-2H3. The highest BCUT2D eigenvalue weighted by Crippen LogP contribution is 2.60. The fourth-order valence-electron chi connectivity index (χ4n) is 5.76. The van der Waals surface area contributed by atoms with Crippen molar-refractivity contribution in [1.82, 2.24) is 0 Å². The molecule has 0 spiro atoms. The van der Waals surface area contributed by atoms with Gasteiger partial charge >= 0.3 is 11.9 Å². The van der Waals surface area contributed by atoms with Crippen LogP contribution in [-0.4, -0.2) is 17.7 Å². The fraction of sp³-hybridized carbons (Fsp3) is 0.591. The van der Waals surface area contributed by atoms with Gasteiger partial charge in [0.05, 0.1) is 5.41 Å². The zero-order valence-electron chi connectivity index (χ0n) is 16.0. The molecule has 4 aliphatic rings. The molecule has 1 aromatic carbocycles. The largest absolute Gasteiger partial charge is 0.461 e. The third-order valence-corrected chi connectivity index (χ3v) is 6.57. The van der Waals surface area contributed by atoms with Crippen LogP contribution in [0.25, 0.3) is 0 Å². The van der Waals surface area contributed by atoms with Crippen LogP contribution in [0.3, 0.4) is 0 Å². The van der Waals surface area contributed by atoms with Gasteiger partial charge in [-0.2, -0.15) is 0 Å². The van der Waals surface area contributed by atoms with Gasteiger partial charge in [0.2, 0.25) is 0 Å². The van der Waals surface area contributed by atoms with Crippen LogP contribution in [0.5, 0.6) is 5.75 Å². The maximum atomic E-state index is 13.2. The lowest BCUT2D eigenvalue weighted by Crippen LogP contribution is -2.51. The van der Waals surface area contributed by atoms with Crippen molar-refractivity contribution in [1.29, 1.82) is 0 Å². The van der Waals surface area contributed by atoms with Crippen LogP contribution in [0.2, 0.25) is 0 Å². The van der Waals surface area contributed by atoms with E-state index in [0.717, 1.165) is 19.3 Å². The number of ether oxygens (including phenoxy) is 2. The van der Waals surface area contributed by atoms with E-state index < -0.39 is 5.97 Å². The first kappa shape index (κ1) is 18.2. The summed E-state index contributed by atoms with van der Waals surface area (Å²) in [4.78, 5) is 36.1. The highest BCUT2D eigenvalue weighted by atomic mass is 16.5. The molecule has 27 heavy (non-hydrogen) atoms. The molecule has 0 amide bonds. The summed E-state index contributed by atoms with van der Waals surface area (Å²) < 4.78 is 10.9. The Balaban J connectivity index is 1.57. The Labute approximate surface area is 159 Å². The Hall–Kier alpha value is -2.17. The molecule has 5 rings (SSSR count). The number of benzene rings is 1. The van der Waals surface area contributed by atoms with E-state index in [2.05, 4.69) is 0 Å². The zero-order valence-corrected chi connectivity index (χ0v) is 16.0. The highest BCUT2D eigenvalue weighted by molar-refractivity contribution is 5.94. The van der Waals surface area contributed by atoms with Crippen molar-refractivity contribution in [3.8, 4) is 5.75 Å². The van der Waals surface area contributed by atoms with Gasteiger partial charge in [-0.1, -0.05) is 0 Å². The Morgan fingerprint density at radius 1 is 1.00 bits per heavy atom. The van der Waals surface area contributed by atoms with Crippen molar-refractivity contribution in [2.24, 2.45) is 23.2 Å². The number of Topliss-reactive ketones (excluding diaryl/α,β-unsaturated/α-hetero) is 1. The zero-order chi connectivity index (χ0) is 19.2. The number of esters is 2. The van der Waals surface area contributed by atoms with E-state index in [1.54, 1.807) is 18.2 Å². The predicted octanol–water partition coefficient (Wildman–Crippen LogP) is 4.07. The minimum absolute atomic E-state index is 0.0139. The molecule has 0 radical (unpaired) electrons. The first-order valence-corrected chi connectivity index (χ1v) is 9.84. The molecule has 5 heteroatoms. The van der Waals surface area contributed by atoms with Gasteiger partial charge < -0.3 is 9.47 Å². The molecule has 0 N–H and O–H groups in total. The van der Waals surface area contributed by atoms with E-state index in [-0.39, 0.29) is 23.8 Å². The van der Waals surface area contributed by atoms with Crippen LogP contribution in [0.4, 0.5) is 0 Å². The molecule has 5 nitrogen and oxygen atoms in total. The molecular weight excluding hydrogens is 344 g/mol. The van der Waals surface area contributed by atoms with E-state index in [0.29, 0.717) is 34.6 Å². The minimum atomic E-state index is -0.415. The molecule has 0 aliphatic heterocycles. The molecule has 0 unspecified atom stereocenters. The van der Waals surface area contributed by atoms with E-state index in [9.17, 15) is 14.4 Å². The van der Waals surface area contributed by atoms with Crippen LogP contribution in [0.1, 0.15) is 68.3 Å². The van der Waals surface area contributed by atoms with Gasteiger partial charge in [0.25, 0.3) is 0 Å². The molecule has 0 heterocycles. The van der Waals surface area contributed by atoms with Crippen molar-refractivity contribution >= 4 is 17.7 Å². The average molecular weight is 370 g/mol. The summed E-state index contributed by atoms with van der Waals surface area (Å²) in [7, 11) is 0. The van der Waals surface area contributed by atoms with Gasteiger partial charge in [0.15, 0.2) is 5.78 Å². The van der Waals surface area contributed by atoms with Gasteiger partial charge in [-0.05, 0) is 81.4 Å². The van der Waals surface area contributed by atoms with E-state index >= 15 is 0 Å². The van der Waals surface area contributed by atoms with Gasteiger partial charge in [-0.3, -0.25) is 14.4 Å². The molecule has 4 fully saturated rings. The predicted molar refractivity (Wildman–Crippen MR) is 98.2 cm³/mol. The number of rotatable bonds is 5. The van der Waals surface area contributed by atoms with Crippen molar-refractivity contribution in [2.75, 3.05) is 0 Å². The van der Waals surface area contributed by atoms with Gasteiger partial charge in [-0.15, -0.1) is 0 Å². The van der Waals surface area contributed by atoms with Crippen LogP contribution in [-0.2, 0) is 20.9 Å². The van der Waals surface area contributed by atoms with Crippen molar-refractivity contribution in [2.45, 2.75) is 59.0 Å². The summed E-state index contributed by atoms with van der Waals surface area (Å²) in [5.41, 5.74) is 0.704. The van der Waals surface area contributed by atoms with E-state index in [1.165, 1.54) is 33.1 Å². The van der Waals surface area contributed by atoms with Crippen LogP contribution in [0, 0.1) is 23.2 Å². The Bertz CT molecular complexity index is 759. The third kappa shape index (κ3) is 3.52.